The van der Waals surface area contributed by atoms with Crippen LogP contribution in [0.25, 0.3) is 0 Å². The second kappa shape index (κ2) is 2.42. The van der Waals surface area contributed by atoms with Gasteiger partial charge in [0.05, 0.1) is 5.54 Å². The molecular formula is C13H14N2O. The maximum absolute atomic E-state index is 12.2. The molecule has 3 aliphatic rings. The molecule has 3 nitrogen and oxygen atoms in total. The molecule has 1 spiro atoms. The monoisotopic (exact) mass is 214 g/mol. The van der Waals surface area contributed by atoms with Gasteiger partial charge in [0.25, 0.3) is 0 Å². The molecule has 3 heteroatoms. The second-order valence-electron chi connectivity index (χ2n) is 5.32. The van der Waals surface area contributed by atoms with Crippen molar-refractivity contribution in [2.45, 2.75) is 24.8 Å². The van der Waals surface area contributed by atoms with E-state index in [2.05, 4.69) is 0 Å². The summed E-state index contributed by atoms with van der Waals surface area (Å²) in [6.07, 6.45) is 3.50. The van der Waals surface area contributed by atoms with Crippen LogP contribution < -0.4 is 10.6 Å². The van der Waals surface area contributed by atoms with Crippen LogP contribution in [-0.2, 0) is 4.79 Å². The van der Waals surface area contributed by atoms with Crippen LogP contribution in [0.3, 0.4) is 0 Å². The second-order valence-corrected chi connectivity index (χ2v) is 5.32. The zero-order chi connectivity index (χ0) is 10.9. The fraction of sp³-hybridized carbons (Fsp3) is 0.462. The van der Waals surface area contributed by atoms with E-state index >= 15 is 0 Å². The molecule has 16 heavy (non-hydrogen) atoms. The topological polar surface area (TPSA) is 46.3 Å². The largest absolute Gasteiger partial charge is 0.399 e. The summed E-state index contributed by atoms with van der Waals surface area (Å²) in [7, 11) is 0. The molecule has 1 aromatic carbocycles. The average Bonchev–Trinajstić information content (AvgIpc) is 3.10. The maximum Gasteiger partial charge on any atom is 0.231 e. The standard InChI is InChI=1S/C13H14N2O/c14-8-1-3-9(4-2-8)15-12(16)10-7-11(10)13(15)5-6-13/h1-4,10-11H,5-7,14H2. The van der Waals surface area contributed by atoms with Crippen LogP contribution in [0.4, 0.5) is 11.4 Å². The van der Waals surface area contributed by atoms with Crippen molar-refractivity contribution in [1.82, 2.24) is 0 Å². The van der Waals surface area contributed by atoms with Gasteiger partial charge in [0.15, 0.2) is 0 Å². The van der Waals surface area contributed by atoms with Gasteiger partial charge >= 0.3 is 0 Å². The Labute approximate surface area is 94.2 Å². The summed E-state index contributed by atoms with van der Waals surface area (Å²) >= 11 is 0. The number of fused-ring (bicyclic) bond motifs is 2. The molecule has 1 amide bonds. The van der Waals surface area contributed by atoms with Crippen molar-refractivity contribution < 1.29 is 4.79 Å². The van der Waals surface area contributed by atoms with Gasteiger partial charge in [-0.15, -0.1) is 0 Å². The van der Waals surface area contributed by atoms with Gasteiger partial charge < -0.3 is 10.6 Å². The highest BCUT2D eigenvalue weighted by Gasteiger charge is 2.72. The minimum Gasteiger partial charge on any atom is -0.399 e. The highest BCUT2D eigenvalue weighted by molar-refractivity contribution is 6.03. The van der Waals surface area contributed by atoms with E-state index in [4.69, 9.17) is 5.73 Å². The highest BCUT2D eigenvalue weighted by atomic mass is 16.2. The number of carbonyl (C=O) groups excluding carboxylic acids is 1. The van der Waals surface area contributed by atoms with Gasteiger partial charge in [-0.3, -0.25) is 4.79 Å². The van der Waals surface area contributed by atoms with E-state index in [1.54, 1.807) is 0 Å². The lowest BCUT2D eigenvalue weighted by Crippen LogP contribution is -2.38. The molecule has 0 radical (unpaired) electrons. The molecule has 2 N–H and O–H groups in total. The Kier molecular flexibility index (Phi) is 1.30. The predicted octanol–water partition coefficient (Wildman–Crippen LogP) is 1.78. The van der Waals surface area contributed by atoms with Gasteiger partial charge in [-0.25, -0.2) is 0 Å². The molecule has 82 valence electrons. The third-order valence-corrected chi connectivity index (χ3v) is 4.38. The molecular weight excluding hydrogens is 200 g/mol. The van der Waals surface area contributed by atoms with Crippen molar-refractivity contribution in [3.05, 3.63) is 24.3 Å². The predicted molar refractivity (Wildman–Crippen MR) is 61.9 cm³/mol. The highest BCUT2D eigenvalue weighted by Crippen LogP contribution is 2.67. The average molecular weight is 214 g/mol. The van der Waals surface area contributed by atoms with Gasteiger partial charge in [-0.2, -0.15) is 0 Å². The number of anilines is 2. The lowest BCUT2D eigenvalue weighted by Gasteiger charge is -2.27. The molecule has 1 aliphatic heterocycles. The molecule has 0 aromatic heterocycles. The van der Waals surface area contributed by atoms with E-state index in [1.165, 1.54) is 12.8 Å². The summed E-state index contributed by atoms with van der Waals surface area (Å²) in [5.41, 5.74) is 7.67. The first-order valence-corrected chi connectivity index (χ1v) is 5.92. The summed E-state index contributed by atoms with van der Waals surface area (Å²) in [5.74, 6) is 1.32. The number of carbonyl (C=O) groups is 1. The Hall–Kier alpha value is -1.51. The molecule has 4 rings (SSSR count). The summed E-state index contributed by atoms with van der Waals surface area (Å²) in [4.78, 5) is 14.2. The molecule has 0 bridgehead atoms. The van der Waals surface area contributed by atoms with Gasteiger partial charge in [0.2, 0.25) is 5.91 Å². The Morgan fingerprint density at radius 3 is 2.56 bits per heavy atom. The summed E-state index contributed by atoms with van der Waals surface area (Å²) in [6, 6.07) is 7.70. The van der Waals surface area contributed by atoms with E-state index in [1.807, 2.05) is 29.2 Å². The fourth-order valence-electron chi connectivity index (χ4n) is 3.34. The molecule has 1 heterocycles. The van der Waals surface area contributed by atoms with Gasteiger partial charge in [0, 0.05) is 17.3 Å². The lowest BCUT2D eigenvalue weighted by molar-refractivity contribution is -0.118. The van der Waals surface area contributed by atoms with Crippen molar-refractivity contribution in [3.63, 3.8) is 0 Å². The van der Waals surface area contributed by atoms with Crippen molar-refractivity contribution in [1.29, 1.82) is 0 Å². The van der Waals surface area contributed by atoms with Crippen LogP contribution in [0.1, 0.15) is 19.3 Å². The molecule has 2 saturated carbocycles. The first kappa shape index (κ1) is 8.62. The first-order valence-electron chi connectivity index (χ1n) is 5.92. The van der Waals surface area contributed by atoms with Gasteiger partial charge in [-0.05, 0) is 49.4 Å². The number of hydrogen-bond acceptors (Lipinski definition) is 2. The Balaban J connectivity index is 1.77. The van der Waals surface area contributed by atoms with Crippen LogP contribution >= 0.6 is 0 Å². The molecule has 2 atom stereocenters. The van der Waals surface area contributed by atoms with Crippen LogP contribution in [-0.4, -0.2) is 11.4 Å². The number of rotatable bonds is 1. The van der Waals surface area contributed by atoms with Gasteiger partial charge in [0.1, 0.15) is 0 Å². The van der Waals surface area contributed by atoms with Crippen molar-refractivity contribution in [3.8, 4) is 0 Å². The lowest BCUT2D eigenvalue weighted by atomic mass is 10.1. The number of amides is 1. The first-order chi connectivity index (χ1) is 7.72. The van der Waals surface area contributed by atoms with Crippen LogP contribution in [0.5, 0.6) is 0 Å². The van der Waals surface area contributed by atoms with Crippen molar-refractivity contribution in [2.75, 3.05) is 10.6 Å². The zero-order valence-corrected chi connectivity index (χ0v) is 9.02. The summed E-state index contributed by atoms with van der Waals surface area (Å²) < 4.78 is 0. The van der Waals surface area contributed by atoms with Crippen LogP contribution in [0, 0.1) is 11.8 Å². The van der Waals surface area contributed by atoms with E-state index in [-0.39, 0.29) is 5.54 Å². The van der Waals surface area contributed by atoms with E-state index in [0.717, 1.165) is 17.8 Å². The molecule has 2 unspecified atom stereocenters. The fourth-order valence-corrected chi connectivity index (χ4v) is 3.34. The smallest absolute Gasteiger partial charge is 0.231 e. The number of benzene rings is 1. The Morgan fingerprint density at radius 2 is 1.94 bits per heavy atom. The van der Waals surface area contributed by atoms with Crippen molar-refractivity contribution in [2.24, 2.45) is 11.8 Å². The summed E-state index contributed by atoms with van der Waals surface area (Å²) in [5, 5.41) is 0. The van der Waals surface area contributed by atoms with E-state index in [9.17, 15) is 4.79 Å². The maximum atomic E-state index is 12.2. The van der Waals surface area contributed by atoms with E-state index < -0.39 is 0 Å². The molecule has 1 saturated heterocycles. The Morgan fingerprint density at radius 1 is 1.25 bits per heavy atom. The van der Waals surface area contributed by atoms with Crippen LogP contribution in [0.2, 0.25) is 0 Å². The van der Waals surface area contributed by atoms with E-state index in [0.29, 0.717) is 17.7 Å². The normalized spacial score (nSPS) is 33.0. The Bertz CT molecular complexity index is 475. The minimum absolute atomic E-state index is 0.206. The third-order valence-electron chi connectivity index (χ3n) is 4.38. The summed E-state index contributed by atoms with van der Waals surface area (Å²) in [6.45, 7) is 0. The minimum atomic E-state index is 0.206. The molecule has 1 aromatic rings. The number of piperidine rings is 1. The van der Waals surface area contributed by atoms with Gasteiger partial charge in [-0.1, -0.05) is 0 Å². The number of hydrogen-bond donors (Lipinski definition) is 1. The molecule has 3 fully saturated rings. The number of nitrogens with zero attached hydrogens (tertiary/aromatic N) is 1. The number of nitrogens with two attached hydrogens (primary N) is 1. The quantitative estimate of drug-likeness (QED) is 0.724. The van der Waals surface area contributed by atoms with Crippen LogP contribution in [0.15, 0.2) is 24.3 Å². The SMILES string of the molecule is Nc1ccc(N2C(=O)C3CC3C23CC3)cc1. The van der Waals surface area contributed by atoms with Crippen molar-refractivity contribution >= 4 is 17.3 Å². The zero-order valence-electron chi connectivity index (χ0n) is 9.02. The molecule has 2 aliphatic carbocycles. The third kappa shape index (κ3) is 0.872. The number of nitrogen functional groups attached to an aromatic ring is 1.